The number of amides is 1. The Morgan fingerprint density at radius 2 is 1.95 bits per heavy atom. The largest absolute Gasteiger partial charge is 0.467 e. The molecule has 0 bridgehead atoms. The summed E-state index contributed by atoms with van der Waals surface area (Å²) >= 11 is 0. The van der Waals surface area contributed by atoms with Gasteiger partial charge in [0, 0.05) is 0 Å². The number of carbonyl (C=O) groups excluding carboxylic acids is 2. The van der Waals surface area contributed by atoms with E-state index in [4.69, 9.17) is 0 Å². The number of esters is 1. The number of hydrogen-bond donors (Lipinski definition) is 2. The van der Waals surface area contributed by atoms with Gasteiger partial charge in [-0.25, -0.2) is 4.79 Å². The molecule has 104 valence electrons. The van der Waals surface area contributed by atoms with Crippen LogP contribution in [-0.2, 0) is 14.3 Å². The third kappa shape index (κ3) is 3.79. The Labute approximate surface area is 112 Å². The van der Waals surface area contributed by atoms with Gasteiger partial charge in [0.15, 0.2) is 6.04 Å². The normalized spacial score (nSPS) is 15.2. The molecule has 0 spiro atoms. The van der Waals surface area contributed by atoms with E-state index in [9.17, 15) is 14.7 Å². The monoisotopic (exact) mass is 265 g/mol. The molecule has 1 rings (SSSR count). The van der Waals surface area contributed by atoms with Crippen LogP contribution in [0.4, 0.5) is 0 Å². The van der Waals surface area contributed by atoms with E-state index in [2.05, 4.69) is 10.1 Å². The minimum Gasteiger partial charge on any atom is -0.467 e. The van der Waals surface area contributed by atoms with Crippen molar-refractivity contribution in [1.29, 1.82) is 0 Å². The van der Waals surface area contributed by atoms with Crippen molar-refractivity contribution in [3.63, 3.8) is 0 Å². The molecule has 0 aliphatic heterocycles. The summed E-state index contributed by atoms with van der Waals surface area (Å²) in [6, 6.07) is 7.83. The third-order valence-electron chi connectivity index (χ3n) is 3.02. The summed E-state index contributed by atoms with van der Waals surface area (Å²) in [5, 5.41) is 12.4. The maximum atomic E-state index is 11.9. The molecule has 0 saturated heterocycles. The molecule has 2 N–H and O–H groups in total. The fourth-order valence-corrected chi connectivity index (χ4v) is 1.49. The number of ether oxygens (including phenoxy) is 1. The van der Waals surface area contributed by atoms with Gasteiger partial charge in [-0.15, -0.1) is 0 Å². The molecule has 0 radical (unpaired) electrons. The van der Waals surface area contributed by atoms with Crippen LogP contribution in [0.1, 0.15) is 31.9 Å². The Balaban J connectivity index is 2.95. The van der Waals surface area contributed by atoms with E-state index in [0.717, 1.165) is 0 Å². The summed E-state index contributed by atoms with van der Waals surface area (Å²) in [7, 11) is 1.25. The van der Waals surface area contributed by atoms with E-state index >= 15 is 0 Å². The second kappa shape index (κ2) is 6.33. The average Bonchev–Trinajstić information content (AvgIpc) is 2.44. The van der Waals surface area contributed by atoms with Crippen molar-refractivity contribution in [2.75, 3.05) is 7.11 Å². The Hall–Kier alpha value is -1.88. The molecule has 0 aliphatic rings. The van der Waals surface area contributed by atoms with Crippen molar-refractivity contribution in [1.82, 2.24) is 5.32 Å². The van der Waals surface area contributed by atoms with Gasteiger partial charge in [-0.2, -0.15) is 0 Å². The predicted molar refractivity (Wildman–Crippen MR) is 70.3 cm³/mol. The molecule has 5 heteroatoms. The maximum absolute atomic E-state index is 11.9. The van der Waals surface area contributed by atoms with Gasteiger partial charge in [0.25, 0.3) is 5.91 Å². The van der Waals surface area contributed by atoms with E-state index in [-0.39, 0.29) is 6.42 Å². The van der Waals surface area contributed by atoms with Crippen LogP contribution in [0, 0.1) is 0 Å². The maximum Gasteiger partial charge on any atom is 0.333 e. The molecule has 0 aliphatic carbocycles. The number of carbonyl (C=O) groups is 2. The van der Waals surface area contributed by atoms with E-state index in [0.29, 0.717) is 5.56 Å². The first-order valence-electron chi connectivity index (χ1n) is 6.08. The number of nitrogens with one attached hydrogen (secondary N) is 1. The van der Waals surface area contributed by atoms with Crippen molar-refractivity contribution in [3.05, 3.63) is 35.9 Å². The second-order valence-electron chi connectivity index (χ2n) is 4.47. The summed E-state index contributed by atoms with van der Waals surface area (Å²) in [6.45, 7) is 3.09. The zero-order valence-electron chi connectivity index (χ0n) is 11.3. The van der Waals surface area contributed by atoms with Gasteiger partial charge < -0.3 is 15.2 Å². The zero-order valence-corrected chi connectivity index (χ0v) is 11.3. The van der Waals surface area contributed by atoms with Gasteiger partial charge in [0.05, 0.1) is 7.11 Å². The molecular formula is C14H19NO4. The van der Waals surface area contributed by atoms with Crippen LogP contribution in [0.2, 0.25) is 0 Å². The summed E-state index contributed by atoms with van der Waals surface area (Å²) in [5.41, 5.74) is -0.907. The molecule has 5 nitrogen and oxygen atoms in total. The number of hydrogen-bond acceptors (Lipinski definition) is 4. The summed E-state index contributed by atoms with van der Waals surface area (Å²) in [4.78, 5) is 23.7. The fraction of sp³-hybridized carbons (Fsp3) is 0.429. The van der Waals surface area contributed by atoms with Crippen molar-refractivity contribution in [2.24, 2.45) is 0 Å². The van der Waals surface area contributed by atoms with Crippen molar-refractivity contribution >= 4 is 11.9 Å². The molecular weight excluding hydrogens is 246 g/mol. The third-order valence-corrected chi connectivity index (χ3v) is 3.02. The van der Waals surface area contributed by atoms with Gasteiger partial charge >= 0.3 is 5.97 Å². The lowest BCUT2D eigenvalue weighted by Crippen LogP contribution is -2.47. The first-order valence-corrected chi connectivity index (χ1v) is 6.08. The topological polar surface area (TPSA) is 75.6 Å². The number of methoxy groups -OCH3 is 1. The van der Waals surface area contributed by atoms with Crippen LogP contribution in [0.15, 0.2) is 30.3 Å². The highest BCUT2D eigenvalue weighted by Crippen LogP contribution is 2.17. The van der Waals surface area contributed by atoms with Crippen LogP contribution in [-0.4, -0.2) is 29.7 Å². The van der Waals surface area contributed by atoms with E-state index < -0.39 is 23.5 Å². The van der Waals surface area contributed by atoms with Crippen LogP contribution in [0.25, 0.3) is 0 Å². The van der Waals surface area contributed by atoms with Gasteiger partial charge in [-0.1, -0.05) is 37.3 Å². The highest BCUT2D eigenvalue weighted by Gasteiger charge is 2.32. The highest BCUT2D eigenvalue weighted by atomic mass is 16.5. The Bertz CT molecular complexity index is 442. The molecule has 1 aromatic rings. The molecule has 19 heavy (non-hydrogen) atoms. The lowest BCUT2D eigenvalue weighted by Gasteiger charge is -2.24. The average molecular weight is 265 g/mol. The van der Waals surface area contributed by atoms with Gasteiger partial charge in [0.1, 0.15) is 5.60 Å². The Morgan fingerprint density at radius 3 is 2.42 bits per heavy atom. The van der Waals surface area contributed by atoms with Crippen LogP contribution in [0.5, 0.6) is 0 Å². The number of benzene rings is 1. The quantitative estimate of drug-likeness (QED) is 0.784. The minimum absolute atomic E-state index is 0.252. The second-order valence-corrected chi connectivity index (χ2v) is 4.47. The van der Waals surface area contributed by atoms with Crippen LogP contribution < -0.4 is 5.32 Å². The number of rotatable bonds is 5. The van der Waals surface area contributed by atoms with Crippen LogP contribution in [0.3, 0.4) is 0 Å². The van der Waals surface area contributed by atoms with Gasteiger partial charge in [-0.05, 0) is 18.9 Å². The summed E-state index contributed by atoms with van der Waals surface area (Å²) in [5.74, 6) is -1.18. The Kier molecular flexibility index (Phi) is 5.06. The van der Waals surface area contributed by atoms with E-state index in [1.165, 1.54) is 14.0 Å². The first-order chi connectivity index (χ1) is 8.92. The van der Waals surface area contributed by atoms with Gasteiger partial charge in [0.2, 0.25) is 0 Å². The molecule has 0 aromatic heterocycles. The lowest BCUT2D eigenvalue weighted by atomic mass is 10.0. The summed E-state index contributed by atoms with van der Waals surface area (Å²) in [6.07, 6.45) is 0.252. The fourth-order valence-electron chi connectivity index (χ4n) is 1.49. The SMILES string of the molecule is CC[C@](C)(O)C(=O)N[C@H](C(=O)OC)c1ccccc1. The lowest BCUT2D eigenvalue weighted by molar-refractivity contribution is -0.149. The van der Waals surface area contributed by atoms with E-state index in [1.54, 1.807) is 31.2 Å². The smallest absolute Gasteiger partial charge is 0.333 e. The molecule has 1 amide bonds. The van der Waals surface area contributed by atoms with Crippen molar-refractivity contribution < 1.29 is 19.4 Å². The zero-order chi connectivity index (χ0) is 14.5. The van der Waals surface area contributed by atoms with Crippen molar-refractivity contribution in [2.45, 2.75) is 31.9 Å². The first kappa shape index (κ1) is 15.2. The van der Waals surface area contributed by atoms with Crippen molar-refractivity contribution in [3.8, 4) is 0 Å². The van der Waals surface area contributed by atoms with Gasteiger partial charge in [-0.3, -0.25) is 4.79 Å². The highest BCUT2D eigenvalue weighted by molar-refractivity contribution is 5.89. The summed E-state index contributed by atoms with van der Waals surface area (Å²) < 4.78 is 4.68. The molecule has 0 heterocycles. The molecule has 2 atom stereocenters. The van der Waals surface area contributed by atoms with Crippen LogP contribution >= 0.6 is 0 Å². The number of aliphatic hydroxyl groups is 1. The molecule has 1 aromatic carbocycles. The predicted octanol–water partition coefficient (Wildman–Crippen LogP) is 1.18. The molecule has 0 unspecified atom stereocenters. The minimum atomic E-state index is -1.51. The van der Waals surface area contributed by atoms with E-state index in [1.807, 2.05) is 6.07 Å². The molecule has 0 saturated carbocycles. The molecule has 0 fully saturated rings. The Morgan fingerprint density at radius 1 is 1.37 bits per heavy atom. The standard InChI is InChI=1S/C14H19NO4/c1-4-14(2,18)13(17)15-11(12(16)19-3)10-8-6-5-7-9-10/h5-9,11,18H,4H2,1-3H3,(H,15,17)/t11-,14-/m0/s1.